The molecule has 0 radical (unpaired) electrons. The molecule has 0 unspecified atom stereocenters. The van der Waals surface area contributed by atoms with E-state index in [0.29, 0.717) is 12.0 Å². The molecule has 0 aliphatic carbocycles. The van der Waals surface area contributed by atoms with Crippen LogP contribution in [0.3, 0.4) is 0 Å². The van der Waals surface area contributed by atoms with E-state index in [0.717, 1.165) is 0 Å². The van der Waals surface area contributed by atoms with Crippen LogP contribution in [-0.4, -0.2) is 215 Å². The van der Waals surface area contributed by atoms with Crippen molar-refractivity contribution in [3.05, 3.63) is 35.9 Å². The van der Waals surface area contributed by atoms with Gasteiger partial charge in [-0.25, -0.2) is 0 Å². The molecule has 14 atom stereocenters. The third-order valence-electron chi connectivity index (χ3n) is 13.0. The van der Waals surface area contributed by atoms with Gasteiger partial charge in [-0.05, 0) is 51.0 Å². The third-order valence-corrected chi connectivity index (χ3v) is 13.0. The smallest absolute Gasteiger partial charge is 0.303 e. The van der Waals surface area contributed by atoms with E-state index in [-0.39, 0.29) is 57.7 Å². The molecule has 1 fully saturated rings. The van der Waals surface area contributed by atoms with Crippen molar-refractivity contribution in [3.8, 4) is 0 Å². The summed E-state index contributed by atoms with van der Waals surface area (Å²) in [6.07, 6.45) is -11.6. The molecule has 1 aromatic carbocycles. The quantitative estimate of drug-likeness (QED) is 0.0292. The number of amides is 11. The van der Waals surface area contributed by atoms with Crippen LogP contribution in [0.1, 0.15) is 85.1 Å². The van der Waals surface area contributed by atoms with Crippen molar-refractivity contribution in [2.75, 3.05) is 39.3 Å². The van der Waals surface area contributed by atoms with Gasteiger partial charge in [0, 0.05) is 45.3 Å². The first kappa shape index (κ1) is 71.6. The van der Waals surface area contributed by atoms with E-state index in [2.05, 4.69) is 53.2 Å². The number of hydrogen-bond donors (Lipinski definition) is 18. The fourth-order valence-corrected chi connectivity index (χ4v) is 8.08. The Hall–Kier alpha value is -7.46. The van der Waals surface area contributed by atoms with Crippen LogP contribution in [0.15, 0.2) is 30.3 Å². The molecule has 32 nitrogen and oxygen atoms in total. The number of aliphatic hydroxyl groups excluding tert-OH is 4. The van der Waals surface area contributed by atoms with Gasteiger partial charge in [-0.3, -0.25) is 57.5 Å². The van der Waals surface area contributed by atoms with Gasteiger partial charge in [0.25, 0.3) is 0 Å². The van der Waals surface area contributed by atoms with Gasteiger partial charge in [-0.1, -0.05) is 50.6 Å². The minimum Gasteiger partial charge on any atom is -0.481 e. The lowest BCUT2D eigenvalue weighted by Gasteiger charge is -2.40. The van der Waals surface area contributed by atoms with Crippen LogP contribution in [0, 0.1) is 5.92 Å². The molecule has 83 heavy (non-hydrogen) atoms. The molecule has 11 amide bonds. The van der Waals surface area contributed by atoms with Crippen LogP contribution in [0.4, 0.5) is 0 Å². The lowest BCUT2D eigenvalue weighted by molar-refractivity contribution is -0.310. The van der Waals surface area contributed by atoms with Crippen LogP contribution in [0.5, 0.6) is 0 Å². The Morgan fingerprint density at radius 3 is 1.81 bits per heavy atom. The van der Waals surface area contributed by atoms with E-state index in [9.17, 15) is 83.1 Å². The van der Waals surface area contributed by atoms with E-state index >= 15 is 0 Å². The first-order chi connectivity index (χ1) is 39.1. The number of ether oxygens (including phenoxy) is 2. The Kier molecular flexibility index (Phi) is 31.8. The zero-order valence-corrected chi connectivity index (χ0v) is 47.1. The summed E-state index contributed by atoms with van der Waals surface area (Å²) in [5, 5.41) is 75.2. The molecular formula is C51H83N13O19. The Labute approximate surface area is 479 Å². The maximum atomic E-state index is 14.3. The SMILES string of the molecule is CC[C@H](C)[C@H](NC(C)=O)C(=O)N[C@@H](C)C(=O)N[C@@H](C)CNCC(=O)NCC(=O)N[C@@H](Cc1ccccc1)C(=O)N[C@@H](CC[C@H](CN)O[C@@H]1O[C@H](CO)[C@H](O)[C@@H](O)[C@H]1O)C(=O)NCC(=O)N[C@@H](CCC(=O)O)C(=O)N[C@@H](CCC(N)=O)C(N)=O. The summed E-state index contributed by atoms with van der Waals surface area (Å²) >= 11 is 0. The summed E-state index contributed by atoms with van der Waals surface area (Å²) in [5.74, 6) is -10.6. The predicted octanol–water partition coefficient (Wildman–Crippen LogP) is -7.91. The van der Waals surface area contributed by atoms with Crippen LogP contribution in [0.25, 0.3) is 0 Å². The average molecular weight is 1180 g/mol. The highest BCUT2D eigenvalue weighted by Gasteiger charge is 2.45. The molecule has 1 aliphatic heterocycles. The van der Waals surface area contributed by atoms with Gasteiger partial charge in [0.05, 0.1) is 32.3 Å². The first-order valence-corrected chi connectivity index (χ1v) is 26.9. The van der Waals surface area contributed by atoms with Crippen LogP contribution in [-0.2, 0) is 73.4 Å². The van der Waals surface area contributed by atoms with E-state index in [4.69, 9.17) is 26.7 Å². The molecule has 2 rings (SSSR count). The van der Waals surface area contributed by atoms with Crippen molar-refractivity contribution >= 4 is 70.9 Å². The van der Waals surface area contributed by atoms with E-state index < -0.39 is 183 Å². The van der Waals surface area contributed by atoms with Gasteiger partial charge < -0.3 is 105 Å². The number of nitrogens with one attached hydrogen (secondary N) is 10. The third kappa shape index (κ3) is 26.6. The Balaban J connectivity index is 2.26. The summed E-state index contributed by atoms with van der Waals surface area (Å²) in [7, 11) is 0. The number of carboxylic acids is 1. The summed E-state index contributed by atoms with van der Waals surface area (Å²) in [5.41, 5.74) is 17.0. The number of rotatable bonds is 38. The average Bonchev–Trinajstić information content (AvgIpc) is 3.64. The molecule has 466 valence electrons. The summed E-state index contributed by atoms with van der Waals surface area (Å²) < 4.78 is 11.2. The molecular weight excluding hydrogens is 1100 g/mol. The maximum Gasteiger partial charge on any atom is 0.303 e. The monoisotopic (exact) mass is 1180 g/mol. The molecule has 1 saturated heterocycles. The molecule has 1 aliphatic rings. The van der Waals surface area contributed by atoms with Gasteiger partial charge in [0.1, 0.15) is 60.7 Å². The van der Waals surface area contributed by atoms with Gasteiger partial charge in [0.2, 0.25) is 65.0 Å². The van der Waals surface area contributed by atoms with Gasteiger partial charge in [0.15, 0.2) is 6.29 Å². The molecule has 21 N–H and O–H groups in total. The molecule has 0 aromatic heterocycles. The van der Waals surface area contributed by atoms with E-state index in [1.165, 1.54) is 13.8 Å². The molecule has 1 aromatic rings. The lowest BCUT2D eigenvalue weighted by Crippen LogP contribution is -2.60. The Bertz CT molecular complexity index is 2350. The van der Waals surface area contributed by atoms with Crippen molar-refractivity contribution in [3.63, 3.8) is 0 Å². The minimum absolute atomic E-state index is 0.0715. The molecule has 0 bridgehead atoms. The zero-order valence-electron chi connectivity index (χ0n) is 47.1. The van der Waals surface area contributed by atoms with Crippen LogP contribution < -0.4 is 70.4 Å². The van der Waals surface area contributed by atoms with Gasteiger partial charge in [-0.15, -0.1) is 0 Å². The van der Waals surface area contributed by atoms with Crippen molar-refractivity contribution in [2.45, 2.75) is 165 Å². The number of hydrogen-bond acceptors (Lipinski definition) is 20. The van der Waals surface area contributed by atoms with E-state index in [1.54, 1.807) is 44.2 Å². The molecule has 32 heteroatoms. The van der Waals surface area contributed by atoms with Gasteiger partial charge in [-0.2, -0.15) is 0 Å². The van der Waals surface area contributed by atoms with Crippen molar-refractivity contribution in [1.29, 1.82) is 0 Å². The second-order valence-electron chi connectivity index (χ2n) is 20.0. The number of nitrogens with two attached hydrogens (primary N) is 3. The molecule has 1 heterocycles. The van der Waals surface area contributed by atoms with E-state index in [1.807, 2.05) is 6.92 Å². The second kappa shape index (κ2) is 36.9. The predicted molar refractivity (Wildman–Crippen MR) is 290 cm³/mol. The number of carboxylic acid groups (broad SMARTS) is 1. The number of carbonyl (C=O) groups is 12. The zero-order chi connectivity index (χ0) is 62.5. The van der Waals surface area contributed by atoms with Crippen molar-refractivity contribution in [2.24, 2.45) is 23.1 Å². The number of aliphatic hydroxyl groups is 4. The minimum atomic E-state index is -1.84. The largest absolute Gasteiger partial charge is 0.481 e. The topological polar surface area (TPSA) is 523 Å². The fraction of sp³-hybridized carbons (Fsp3) is 0.647. The number of carbonyl (C=O) groups excluding carboxylic acids is 11. The van der Waals surface area contributed by atoms with Gasteiger partial charge >= 0.3 is 5.97 Å². The van der Waals surface area contributed by atoms with Crippen molar-refractivity contribution < 1.29 is 92.5 Å². The lowest BCUT2D eigenvalue weighted by atomic mass is 9.98. The first-order valence-electron chi connectivity index (χ1n) is 26.9. The number of primary amides is 2. The number of benzene rings is 1. The highest BCUT2D eigenvalue weighted by Crippen LogP contribution is 2.24. The Morgan fingerprint density at radius 1 is 0.639 bits per heavy atom. The normalized spacial score (nSPS) is 19.9. The summed E-state index contributed by atoms with van der Waals surface area (Å²) in [4.78, 5) is 153. The Morgan fingerprint density at radius 2 is 1.23 bits per heavy atom. The van der Waals surface area contributed by atoms with Crippen LogP contribution >= 0.6 is 0 Å². The second-order valence-corrected chi connectivity index (χ2v) is 20.0. The van der Waals surface area contributed by atoms with Crippen LogP contribution in [0.2, 0.25) is 0 Å². The summed E-state index contributed by atoms with van der Waals surface area (Å²) in [6.45, 7) is 5.10. The van der Waals surface area contributed by atoms with Crippen molar-refractivity contribution in [1.82, 2.24) is 53.2 Å². The number of aliphatic carboxylic acids is 1. The summed E-state index contributed by atoms with van der Waals surface area (Å²) in [6, 6.07) is -0.221. The molecule has 0 saturated carbocycles. The standard InChI is InChI=1S/C51H83N13O19/c1-6-25(2)41(60-28(5)66)50(81)59-27(4)46(77)58-26(3)20-55-21-37(68)56-22-38(69)62-34(18-29-10-8-7-9-11-29)49(80)64-32(13-12-30(19-52)82-51-44(75)43(74)42(73)35(24-65)83-51)47(78)57-23-39(70)61-33(15-17-40(71)72)48(79)63-31(45(54)76)14-16-36(53)67/h7-11,25-27,30-35,41-44,51,55,65,73-75H,6,12-24,52H2,1-5H3,(H2,53,67)(H2,54,76)(H,56,68)(H,57,78)(H,58,77)(H,59,81)(H,60,66)(H,61,70)(H,62,69)(H,63,79)(H,64,80)(H,71,72)/t25-,26-,27-,30+,31-,32-,33-,34-,35+,41-,42-,43+,44+,51+/m0/s1. The highest BCUT2D eigenvalue weighted by atomic mass is 16.7. The highest BCUT2D eigenvalue weighted by molar-refractivity contribution is 5.96. The maximum absolute atomic E-state index is 14.3. The molecule has 0 spiro atoms. The fourth-order valence-electron chi connectivity index (χ4n) is 8.08.